The predicted octanol–water partition coefficient (Wildman–Crippen LogP) is 2.97. The number of hydrogen-bond acceptors (Lipinski definition) is 6. The second-order valence-corrected chi connectivity index (χ2v) is 10.7. The number of benzene rings is 2. The molecule has 5 nitrogen and oxygen atoms in total. The quantitative estimate of drug-likeness (QED) is 0.349. The van der Waals surface area contributed by atoms with Crippen molar-refractivity contribution in [3.63, 3.8) is 0 Å². The van der Waals surface area contributed by atoms with Gasteiger partial charge in [-0.05, 0) is 0 Å². The number of phenols is 1. The van der Waals surface area contributed by atoms with Crippen molar-refractivity contribution in [1.29, 1.82) is 0 Å². The molecule has 0 saturated carbocycles. The van der Waals surface area contributed by atoms with Crippen molar-refractivity contribution in [2.45, 2.75) is 29.6 Å². The number of fused-ring (bicyclic) bond motifs is 1. The predicted molar refractivity (Wildman–Crippen MR) is 121 cm³/mol. The Morgan fingerprint density at radius 2 is 1.79 bits per heavy atom. The molecule has 0 aliphatic rings. The van der Waals surface area contributed by atoms with E-state index >= 15 is 0 Å². The molecular weight excluding hydrogens is 443 g/mol. The molecule has 0 saturated heterocycles. The Balaban J connectivity index is 1.70. The van der Waals surface area contributed by atoms with Gasteiger partial charge >= 0.3 is 181 Å². The van der Waals surface area contributed by atoms with Crippen molar-refractivity contribution in [1.82, 2.24) is 15.0 Å². The number of nitrogen functional groups attached to an aromatic ring is 1. The molecule has 29 heavy (non-hydrogen) atoms. The van der Waals surface area contributed by atoms with Gasteiger partial charge in [0.15, 0.2) is 0 Å². The molecule has 7 heteroatoms. The molecule has 4 aromatic rings. The maximum atomic E-state index is 9.52. The van der Waals surface area contributed by atoms with Gasteiger partial charge < -0.3 is 0 Å². The van der Waals surface area contributed by atoms with Crippen molar-refractivity contribution in [2.75, 3.05) is 5.73 Å². The molecule has 0 bridgehead atoms. The van der Waals surface area contributed by atoms with Gasteiger partial charge in [-0.15, -0.1) is 0 Å². The molecule has 2 aromatic carbocycles. The average molecular weight is 464 g/mol. The van der Waals surface area contributed by atoms with Gasteiger partial charge in [-0.3, -0.25) is 0 Å². The molecule has 0 fully saturated rings. The van der Waals surface area contributed by atoms with Crippen LogP contribution in [0.1, 0.15) is 25.5 Å². The average Bonchev–Trinajstić information content (AvgIpc) is 2.71. The summed E-state index contributed by atoms with van der Waals surface area (Å²) in [6, 6.07) is 17.4. The van der Waals surface area contributed by atoms with Crippen molar-refractivity contribution < 1.29 is 5.11 Å². The fourth-order valence-corrected chi connectivity index (χ4v) is 6.72. The number of pyridine rings is 1. The van der Waals surface area contributed by atoms with Crippen LogP contribution in [0.15, 0.2) is 70.7 Å². The summed E-state index contributed by atoms with van der Waals surface area (Å²) in [7, 11) is 0. The first-order valence-corrected chi connectivity index (χ1v) is 12.2. The van der Waals surface area contributed by atoms with Crippen LogP contribution in [0.2, 0.25) is 0 Å². The van der Waals surface area contributed by atoms with Gasteiger partial charge in [-0.2, -0.15) is 0 Å². The van der Waals surface area contributed by atoms with Crippen LogP contribution in [0, 0.1) is 0 Å². The third-order valence-corrected chi connectivity index (χ3v) is 8.66. The number of rotatable bonds is 5. The summed E-state index contributed by atoms with van der Waals surface area (Å²) in [5, 5.41) is 10.5. The van der Waals surface area contributed by atoms with E-state index in [0.717, 1.165) is 36.7 Å². The Kier molecular flexibility index (Phi) is 5.74. The van der Waals surface area contributed by atoms with E-state index in [0.29, 0.717) is 5.92 Å². The molecule has 1 atom stereocenters. The number of phenolic OH excluding ortho intramolecular Hbond substituents is 1. The third-order valence-electron chi connectivity index (χ3n) is 4.43. The number of anilines is 1. The minimum atomic E-state index is -0.749. The molecule has 4 rings (SSSR count). The van der Waals surface area contributed by atoms with Gasteiger partial charge in [0.05, 0.1) is 0 Å². The van der Waals surface area contributed by atoms with E-state index in [2.05, 4.69) is 42.0 Å². The number of aromatic hydroxyl groups is 1. The molecule has 0 radical (unpaired) electrons. The number of aromatic nitrogens is 3. The van der Waals surface area contributed by atoms with Gasteiger partial charge in [0.1, 0.15) is 0 Å². The van der Waals surface area contributed by atoms with E-state index in [9.17, 15) is 5.11 Å². The summed E-state index contributed by atoms with van der Waals surface area (Å²) in [6.45, 7) is 4.26. The van der Waals surface area contributed by atoms with E-state index in [1.807, 2.05) is 24.3 Å². The summed E-state index contributed by atoms with van der Waals surface area (Å²) in [5.74, 6) is 0.622. The summed E-state index contributed by atoms with van der Waals surface area (Å²) < 4.78 is 2.27. The SMILES string of the molecule is CC(C)c1ccc2c([AsH]c3cc(N)ccc3Sc3ccc(O)cc3)ncnc2n1. The van der Waals surface area contributed by atoms with Crippen molar-refractivity contribution in [2.24, 2.45) is 0 Å². The zero-order chi connectivity index (χ0) is 20.4. The molecule has 1 unspecified atom stereocenters. The maximum absolute atomic E-state index is 9.52. The van der Waals surface area contributed by atoms with Crippen LogP contribution in [-0.2, 0) is 0 Å². The Bertz CT molecular complexity index is 1170. The van der Waals surface area contributed by atoms with Gasteiger partial charge in [0.25, 0.3) is 0 Å². The second kappa shape index (κ2) is 8.44. The van der Waals surface area contributed by atoms with Crippen LogP contribution in [0.4, 0.5) is 5.69 Å². The van der Waals surface area contributed by atoms with E-state index in [-0.39, 0.29) is 5.75 Å². The second-order valence-electron chi connectivity index (χ2n) is 6.96. The zero-order valence-electron chi connectivity index (χ0n) is 16.1. The third kappa shape index (κ3) is 4.55. The fourth-order valence-electron chi connectivity index (χ4n) is 2.88. The molecule has 2 aromatic heterocycles. The Morgan fingerprint density at radius 3 is 2.55 bits per heavy atom. The molecular formula is C22H21AsN4OS. The summed E-state index contributed by atoms with van der Waals surface area (Å²) in [4.78, 5) is 15.9. The summed E-state index contributed by atoms with van der Waals surface area (Å²) >= 11 is 0.919. The number of nitrogens with two attached hydrogens (primary N) is 1. The van der Waals surface area contributed by atoms with Crippen molar-refractivity contribution >= 4 is 53.1 Å². The van der Waals surface area contributed by atoms with E-state index in [4.69, 9.17) is 10.7 Å². The van der Waals surface area contributed by atoms with Crippen LogP contribution >= 0.6 is 11.8 Å². The zero-order valence-corrected chi connectivity index (χ0v) is 19.0. The molecule has 0 amide bonds. The van der Waals surface area contributed by atoms with Crippen molar-refractivity contribution in [3.8, 4) is 5.75 Å². The standard InChI is InChI=1S/C22H21AsN4OS/c1-13(2)19-9-8-17-21(25-12-26-22(17)27-19)23-18-11-14(24)3-10-20(18)29-16-6-4-15(28)5-7-16/h3-13,23,28H,24H2,1-2H3. The van der Waals surface area contributed by atoms with Crippen LogP contribution in [0.5, 0.6) is 5.75 Å². The first kappa shape index (κ1) is 19.7. The van der Waals surface area contributed by atoms with Crippen LogP contribution in [0.25, 0.3) is 11.0 Å². The Labute approximate surface area is 180 Å². The Hall–Kier alpha value is -2.56. The minimum absolute atomic E-state index is 0.265. The number of hydrogen-bond donors (Lipinski definition) is 2. The number of nitrogens with zero attached hydrogens (tertiary/aromatic N) is 3. The van der Waals surface area contributed by atoms with Gasteiger partial charge in [0, 0.05) is 0 Å². The molecule has 146 valence electrons. The molecule has 2 heterocycles. The summed E-state index contributed by atoms with van der Waals surface area (Å²) in [6.07, 6.45) is 1.61. The van der Waals surface area contributed by atoms with E-state index < -0.39 is 15.8 Å². The van der Waals surface area contributed by atoms with Gasteiger partial charge in [-0.25, -0.2) is 0 Å². The van der Waals surface area contributed by atoms with Gasteiger partial charge in [0.2, 0.25) is 0 Å². The first-order chi connectivity index (χ1) is 14.0. The topological polar surface area (TPSA) is 84.9 Å². The van der Waals surface area contributed by atoms with Crippen molar-refractivity contribution in [3.05, 3.63) is 66.6 Å². The first-order valence-electron chi connectivity index (χ1n) is 9.24. The van der Waals surface area contributed by atoms with Crippen LogP contribution < -0.4 is 14.6 Å². The fraction of sp³-hybridized carbons (Fsp3) is 0.136. The molecule has 0 spiro atoms. The monoisotopic (exact) mass is 464 g/mol. The molecule has 0 aliphatic carbocycles. The van der Waals surface area contributed by atoms with Crippen LogP contribution in [-0.4, -0.2) is 35.8 Å². The molecule has 3 N–H and O–H groups in total. The molecule has 0 aliphatic heterocycles. The van der Waals surface area contributed by atoms with E-state index in [1.54, 1.807) is 30.2 Å². The Morgan fingerprint density at radius 1 is 1.00 bits per heavy atom. The normalized spacial score (nSPS) is 11.7. The van der Waals surface area contributed by atoms with E-state index in [1.165, 1.54) is 4.35 Å². The van der Waals surface area contributed by atoms with Gasteiger partial charge in [-0.1, -0.05) is 0 Å². The van der Waals surface area contributed by atoms with Crippen LogP contribution in [0.3, 0.4) is 0 Å². The summed E-state index contributed by atoms with van der Waals surface area (Å²) in [5.41, 5.74) is 8.63.